The summed E-state index contributed by atoms with van der Waals surface area (Å²) in [6.07, 6.45) is 1.55. The van der Waals surface area contributed by atoms with Gasteiger partial charge in [0.1, 0.15) is 5.75 Å². The maximum Gasteiger partial charge on any atom is 0.119 e. The van der Waals surface area contributed by atoms with E-state index in [4.69, 9.17) is 4.74 Å². The molecule has 1 N–H and O–H groups in total. The van der Waals surface area contributed by atoms with E-state index in [2.05, 4.69) is 53.2 Å². The van der Waals surface area contributed by atoms with Crippen LogP contribution in [0.1, 0.15) is 25.8 Å². The van der Waals surface area contributed by atoms with Gasteiger partial charge in [-0.3, -0.25) is 9.80 Å². The van der Waals surface area contributed by atoms with Gasteiger partial charge in [-0.1, -0.05) is 12.1 Å². The van der Waals surface area contributed by atoms with Crippen molar-refractivity contribution >= 4 is 0 Å². The zero-order valence-electron chi connectivity index (χ0n) is 13.9. The molecule has 2 fully saturated rings. The molecule has 1 aromatic carbocycles. The topological polar surface area (TPSA) is 27.7 Å². The molecule has 1 aromatic rings. The van der Waals surface area contributed by atoms with Gasteiger partial charge < -0.3 is 10.1 Å². The van der Waals surface area contributed by atoms with E-state index in [1.807, 2.05) is 0 Å². The fraction of sp³-hybridized carbons (Fsp3) is 0.667. The summed E-state index contributed by atoms with van der Waals surface area (Å²) in [5, 5.41) is 3.44. The monoisotopic (exact) mass is 303 g/mol. The fourth-order valence-corrected chi connectivity index (χ4v) is 3.50. The summed E-state index contributed by atoms with van der Waals surface area (Å²) in [7, 11) is 0. The van der Waals surface area contributed by atoms with E-state index >= 15 is 0 Å². The lowest BCUT2D eigenvalue weighted by Gasteiger charge is -2.32. The molecule has 2 aliphatic rings. The van der Waals surface area contributed by atoms with Gasteiger partial charge in [0.05, 0.1) is 6.10 Å². The normalized spacial score (nSPS) is 24.0. The molecule has 0 radical (unpaired) electrons. The number of likely N-dealkylation sites (tertiary alicyclic amines) is 1. The molecule has 4 heteroatoms. The minimum absolute atomic E-state index is 0.240. The molecule has 3 rings (SSSR count). The molecule has 0 bridgehead atoms. The van der Waals surface area contributed by atoms with Gasteiger partial charge in [0.2, 0.25) is 0 Å². The molecule has 0 amide bonds. The lowest BCUT2D eigenvalue weighted by atomic mass is 10.2. The number of piperazine rings is 1. The fourth-order valence-electron chi connectivity index (χ4n) is 3.50. The van der Waals surface area contributed by atoms with Gasteiger partial charge in [0.25, 0.3) is 0 Å². The van der Waals surface area contributed by atoms with Crippen molar-refractivity contribution in [1.29, 1.82) is 0 Å². The van der Waals surface area contributed by atoms with Crippen molar-refractivity contribution in [1.82, 2.24) is 15.1 Å². The Labute approximate surface area is 134 Å². The molecule has 1 atom stereocenters. The molecule has 0 aromatic heterocycles. The highest BCUT2D eigenvalue weighted by molar-refractivity contribution is 5.27. The van der Waals surface area contributed by atoms with Gasteiger partial charge in [0, 0.05) is 51.9 Å². The average Bonchev–Trinajstić information content (AvgIpc) is 2.98. The molecule has 2 saturated heterocycles. The zero-order valence-corrected chi connectivity index (χ0v) is 13.9. The molecule has 4 nitrogen and oxygen atoms in total. The first kappa shape index (κ1) is 15.8. The van der Waals surface area contributed by atoms with Crippen LogP contribution in [0, 0.1) is 0 Å². The molecule has 1 unspecified atom stereocenters. The van der Waals surface area contributed by atoms with Crippen LogP contribution in [-0.2, 0) is 6.54 Å². The third-order valence-electron chi connectivity index (χ3n) is 4.62. The van der Waals surface area contributed by atoms with Crippen molar-refractivity contribution in [2.24, 2.45) is 0 Å². The predicted molar refractivity (Wildman–Crippen MR) is 90.3 cm³/mol. The van der Waals surface area contributed by atoms with Crippen LogP contribution in [0.15, 0.2) is 24.3 Å². The van der Waals surface area contributed by atoms with E-state index < -0.39 is 0 Å². The Morgan fingerprint density at radius 1 is 1.14 bits per heavy atom. The summed E-state index contributed by atoms with van der Waals surface area (Å²) in [6, 6.07) is 9.36. The third-order valence-corrected chi connectivity index (χ3v) is 4.62. The number of benzene rings is 1. The lowest BCUT2D eigenvalue weighted by molar-refractivity contribution is 0.170. The van der Waals surface area contributed by atoms with Crippen LogP contribution < -0.4 is 10.1 Å². The van der Waals surface area contributed by atoms with Gasteiger partial charge in [0.15, 0.2) is 0 Å². The van der Waals surface area contributed by atoms with Gasteiger partial charge in [-0.25, -0.2) is 0 Å². The Morgan fingerprint density at radius 3 is 2.55 bits per heavy atom. The molecular formula is C18H29N3O. The SMILES string of the molecule is CC(C)Oc1ccc(CN2CCC(N3CCNCC3)C2)cc1. The Morgan fingerprint density at radius 2 is 1.86 bits per heavy atom. The summed E-state index contributed by atoms with van der Waals surface area (Å²) in [4.78, 5) is 5.25. The minimum Gasteiger partial charge on any atom is -0.491 e. The van der Waals surface area contributed by atoms with E-state index in [-0.39, 0.29) is 6.10 Å². The molecule has 0 saturated carbocycles. The first-order valence-electron chi connectivity index (χ1n) is 8.63. The number of ether oxygens (including phenoxy) is 1. The van der Waals surface area contributed by atoms with E-state index in [0.717, 1.165) is 31.4 Å². The van der Waals surface area contributed by atoms with Gasteiger partial charge in [-0.15, -0.1) is 0 Å². The number of rotatable bonds is 5. The molecule has 2 heterocycles. The molecule has 2 aliphatic heterocycles. The standard InChI is InChI=1S/C18H29N3O/c1-15(2)22-18-5-3-16(4-6-18)13-20-10-7-17(14-20)21-11-8-19-9-12-21/h3-6,15,17,19H,7-14H2,1-2H3. The summed E-state index contributed by atoms with van der Waals surface area (Å²) in [5.74, 6) is 0.971. The second-order valence-corrected chi connectivity index (χ2v) is 6.77. The largest absolute Gasteiger partial charge is 0.491 e. The van der Waals surface area contributed by atoms with Crippen molar-refractivity contribution < 1.29 is 4.74 Å². The van der Waals surface area contributed by atoms with Crippen molar-refractivity contribution in [3.05, 3.63) is 29.8 Å². The summed E-state index contributed by atoms with van der Waals surface area (Å²) >= 11 is 0. The molecule has 0 spiro atoms. The number of hydrogen-bond donors (Lipinski definition) is 1. The Balaban J connectivity index is 1.49. The highest BCUT2D eigenvalue weighted by atomic mass is 16.5. The quantitative estimate of drug-likeness (QED) is 0.900. The minimum atomic E-state index is 0.240. The van der Waals surface area contributed by atoms with Crippen LogP contribution in [0.4, 0.5) is 0 Å². The predicted octanol–water partition coefficient (Wildman–Crippen LogP) is 1.95. The second-order valence-electron chi connectivity index (χ2n) is 6.77. The van der Waals surface area contributed by atoms with Gasteiger partial charge in [-0.2, -0.15) is 0 Å². The Hall–Kier alpha value is -1.10. The highest BCUT2D eigenvalue weighted by Gasteiger charge is 2.28. The smallest absolute Gasteiger partial charge is 0.119 e. The van der Waals surface area contributed by atoms with E-state index in [9.17, 15) is 0 Å². The maximum absolute atomic E-state index is 5.71. The highest BCUT2D eigenvalue weighted by Crippen LogP contribution is 2.20. The number of nitrogens with one attached hydrogen (secondary N) is 1. The van der Waals surface area contributed by atoms with Crippen LogP contribution in [0.2, 0.25) is 0 Å². The van der Waals surface area contributed by atoms with Gasteiger partial charge in [-0.05, 0) is 38.0 Å². The van der Waals surface area contributed by atoms with Crippen molar-refractivity contribution in [3.8, 4) is 5.75 Å². The first-order chi connectivity index (χ1) is 10.7. The van der Waals surface area contributed by atoms with E-state index in [0.29, 0.717) is 0 Å². The molecular weight excluding hydrogens is 274 g/mol. The zero-order chi connectivity index (χ0) is 15.4. The Bertz CT molecular complexity index is 454. The van der Waals surface area contributed by atoms with Crippen LogP contribution in [0.3, 0.4) is 0 Å². The number of hydrogen-bond acceptors (Lipinski definition) is 4. The molecule has 22 heavy (non-hydrogen) atoms. The summed E-state index contributed by atoms with van der Waals surface area (Å²) < 4.78 is 5.71. The summed E-state index contributed by atoms with van der Waals surface area (Å²) in [6.45, 7) is 12.3. The van der Waals surface area contributed by atoms with Crippen molar-refractivity contribution in [3.63, 3.8) is 0 Å². The van der Waals surface area contributed by atoms with E-state index in [1.165, 1.54) is 38.2 Å². The van der Waals surface area contributed by atoms with Gasteiger partial charge >= 0.3 is 0 Å². The second kappa shape index (κ2) is 7.44. The lowest BCUT2D eigenvalue weighted by Crippen LogP contribution is -2.49. The van der Waals surface area contributed by atoms with Crippen molar-refractivity contribution in [2.75, 3.05) is 39.3 Å². The van der Waals surface area contributed by atoms with Crippen LogP contribution in [-0.4, -0.2) is 61.2 Å². The molecule has 0 aliphatic carbocycles. The van der Waals surface area contributed by atoms with Crippen molar-refractivity contribution in [2.45, 2.75) is 39.0 Å². The Kier molecular flexibility index (Phi) is 5.34. The van der Waals surface area contributed by atoms with Crippen LogP contribution in [0.5, 0.6) is 5.75 Å². The summed E-state index contributed by atoms with van der Waals surface area (Å²) in [5.41, 5.74) is 1.39. The van der Waals surface area contributed by atoms with E-state index in [1.54, 1.807) is 0 Å². The molecule has 122 valence electrons. The average molecular weight is 303 g/mol. The van der Waals surface area contributed by atoms with Crippen LogP contribution >= 0.6 is 0 Å². The maximum atomic E-state index is 5.71. The number of nitrogens with zero attached hydrogens (tertiary/aromatic N) is 2. The van der Waals surface area contributed by atoms with Crippen LogP contribution in [0.25, 0.3) is 0 Å². The third kappa shape index (κ3) is 4.22. The first-order valence-corrected chi connectivity index (χ1v) is 8.63.